The van der Waals surface area contributed by atoms with Gasteiger partial charge in [-0.15, -0.1) is 0 Å². The van der Waals surface area contributed by atoms with Crippen LogP contribution in [0.2, 0.25) is 0 Å². The van der Waals surface area contributed by atoms with Crippen LogP contribution in [0.15, 0.2) is 24.3 Å². The molecular formula is C15H19NO4. The quantitative estimate of drug-likeness (QED) is 0.769. The van der Waals surface area contributed by atoms with Gasteiger partial charge < -0.3 is 14.8 Å². The van der Waals surface area contributed by atoms with Crippen molar-refractivity contribution < 1.29 is 19.1 Å². The standard InChI is InChI=1S/C15H19NO4/c1-11-3-2-4-13(9-11)19-8-7-15(18)20-10-14(17)16-12-5-6-12/h2-4,9,12H,5-8,10H2,1H3,(H,16,17). The predicted octanol–water partition coefficient (Wildman–Crippen LogP) is 1.59. The number of nitrogens with one attached hydrogen (secondary N) is 1. The lowest BCUT2D eigenvalue weighted by atomic mass is 10.2. The third-order valence-electron chi connectivity index (χ3n) is 2.87. The molecule has 1 aromatic carbocycles. The Hall–Kier alpha value is -2.04. The summed E-state index contributed by atoms with van der Waals surface area (Å²) in [6.45, 7) is 2.01. The average Bonchev–Trinajstić information content (AvgIpc) is 3.20. The second-order valence-electron chi connectivity index (χ2n) is 4.92. The molecule has 0 aliphatic heterocycles. The molecule has 0 atom stereocenters. The number of carbonyl (C=O) groups is 2. The van der Waals surface area contributed by atoms with Gasteiger partial charge in [0.25, 0.3) is 5.91 Å². The zero-order valence-corrected chi connectivity index (χ0v) is 11.6. The summed E-state index contributed by atoms with van der Waals surface area (Å²) >= 11 is 0. The SMILES string of the molecule is Cc1cccc(OCCC(=O)OCC(=O)NC2CC2)c1. The first-order chi connectivity index (χ1) is 9.63. The minimum atomic E-state index is -0.427. The van der Waals surface area contributed by atoms with Gasteiger partial charge in [-0.3, -0.25) is 9.59 Å². The summed E-state index contributed by atoms with van der Waals surface area (Å²) in [5, 5.41) is 2.75. The third-order valence-corrected chi connectivity index (χ3v) is 2.87. The van der Waals surface area contributed by atoms with Gasteiger partial charge in [-0.05, 0) is 37.5 Å². The van der Waals surface area contributed by atoms with Crippen LogP contribution in [0.25, 0.3) is 0 Å². The van der Waals surface area contributed by atoms with Crippen LogP contribution >= 0.6 is 0 Å². The third kappa shape index (κ3) is 5.30. The molecule has 0 saturated heterocycles. The van der Waals surface area contributed by atoms with Crippen LogP contribution in [0.3, 0.4) is 0 Å². The van der Waals surface area contributed by atoms with Crippen molar-refractivity contribution in [2.75, 3.05) is 13.2 Å². The maximum Gasteiger partial charge on any atom is 0.309 e. The average molecular weight is 277 g/mol. The molecule has 1 aliphatic rings. The van der Waals surface area contributed by atoms with E-state index in [9.17, 15) is 9.59 Å². The molecule has 1 aromatic rings. The van der Waals surface area contributed by atoms with Crippen LogP contribution < -0.4 is 10.1 Å². The largest absolute Gasteiger partial charge is 0.493 e. The van der Waals surface area contributed by atoms with Gasteiger partial charge in [0.2, 0.25) is 0 Å². The van der Waals surface area contributed by atoms with Gasteiger partial charge in [0.1, 0.15) is 5.75 Å². The van der Waals surface area contributed by atoms with Gasteiger partial charge in [0, 0.05) is 6.04 Å². The van der Waals surface area contributed by atoms with Crippen LogP contribution in [-0.4, -0.2) is 31.1 Å². The van der Waals surface area contributed by atoms with Crippen LogP contribution in [0.5, 0.6) is 5.75 Å². The molecule has 108 valence electrons. The lowest BCUT2D eigenvalue weighted by Crippen LogP contribution is -2.30. The van der Waals surface area contributed by atoms with Gasteiger partial charge in [-0.1, -0.05) is 12.1 Å². The predicted molar refractivity (Wildman–Crippen MR) is 73.4 cm³/mol. The minimum Gasteiger partial charge on any atom is -0.493 e. The van der Waals surface area contributed by atoms with E-state index in [0.29, 0.717) is 0 Å². The molecule has 1 aliphatic carbocycles. The van der Waals surface area contributed by atoms with E-state index in [2.05, 4.69) is 5.32 Å². The Morgan fingerprint density at radius 2 is 2.15 bits per heavy atom. The summed E-state index contributed by atoms with van der Waals surface area (Å²) in [6, 6.07) is 7.88. The molecule has 1 fully saturated rings. The number of benzene rings is 1. The van der Waals surface area contributed by atoms with Crippen molar-refractivity contribution in [3.05, 3.63) is 29.8 Å². The zero-order valence-electron chi connectivity index (χ0n) is 11.6. The number of hydrogen-bond acceptors (Lipinski definition) is 4. The Morgan fingerprint density at radius 3 is 2.85 bits per heavy atom. The maximum atomic E-state index is 11.4. The molecule has 0 heterocycles. The number of rotatable bonds is 7. The van der Waals surface area contributed by atoms with Crippen molar-refractivity contribution in [2.24, 2.45) is 0 Å². The Bertz CT molecular complexity index is 483. The summed E-state index contributed by atoms with van der Waals surface area (Å²) in [7, 11) is 0. The van der Waals surface area contributed by atoms with Crippen LogP contribution in [0, 0.1) is 6.92 Å². The second-order valence-corrected chi connectivity index (χ2v) is 4.92. The van der Waals surface area contributed by atoms with E-state index in [1.165, 1.54) is 0 Å². The van der Waals surface area contributed by atoms with Crippen LogP contribution in [0.4, 0.5) is 0 Å². The van der Waals surface area contributed by atoms with Crippen molar-refractivity contribution in [3.63, 3.8) is 0 Å². The Balaban J connectivity index is 1.58. The zero-order chi connectivity index (χ0) is 14.4. The summed E-state index contributed by atoms with van der Waals surface area (Å²) in [5.41, 5.74) is 1.10. The minimum absolute atomic E-state index is 0.130. The maximum absolute atomic E-state index is 11.4. The van der Waals surface area contributed by atoms with E-state index < -0.39 is 5.97 Å². The number of hydrogen-bond donors (Lipinski definition) is 1. The van der Waals surface area contributed by atoms with E-state index >= 15 is 0 Å². The summed E-state index contributed by atoms with van der Waals surface area (Å²) in [4.78, 5) is 22.7. The van der Waals surface area contributed by atoms with Gasteiger partial charge in [0.15, 0.2) is 6.61 Å². The second kappa shape index (κ2) is 6.93. The molecule has 0 aromatic heterocycles. The monoisotopic (exact) mass is 277 g/mol. The topological polar surface area (TPSA) is 64.6 Å². The first-order valence-corrected chi connectivity index (χ1v) is 6.78. The summed E-state index contributed by atoms with van der Waals surface area (Å²) in [5.74, 6) is 0.0633. The fourth-order valence-corrected chi connectivity index (χ4v) is 1.67. The molecule has 1 amide bonds. The highest BCUT2D eigenvalue weighted by atomic mass is 16.5. The lowest BCUT2D eigenvalue weighted by Gasteiger charge is -2.07. The van der Waals surface area contributed by atoms with E-state index in [0.717, 1.165) is 24.2 Å². The number of ether oxygens (including phenoxy) is 2. The smallest absolute Gasteiger partial charge is 0.309 e. The Kier molecular flexibility index (Phi) is 4.98. The normalized spacial score (nSPS) is 13.7. The summed E-state index contributed by atoms with van der Waals surface area (Å²) in [6.07, 6.45) is 2.17. The van der Waals surface area contributed by atoms with E-state index in [1.807, 2.05) is 31.2 Å². The van der Waals surface area contributed by atoms with Gasteiger partial charge >= 0.3 is 5.97 Å². The first-order valence-electron chi connectivity index (χ1n) is 6.78. The molecule has 0 unspecified atom stereocenters. The van der Waals surface area contributed by atoms with E-state index in [4.69, 9.17) is 9.47 Å². The van der Waals surface area contributed by atoms with E-state index in [1.54, 1.807) is 0 Å². The highest BCUT2D eigenvalue weighted by Crippen LogP contribution is 2.18. The molecule has 2 rings (SSSR count). The molecule has 20 heavy (non-hydrogen) atoms. The molecule has 1 saturated carbocycles. The Morgan fingerprint density at radius 1 is 1.35 bits per heavy atom. The van der Waals surface area contributed by atoms with Crippen molar-refractivity contribution >= 4 is 11.9 Å². The number of carbonyl (C=O) groups excluding carboxylic acids is 2. The molecule has 1 N–H and O–H groups in total. The molecule has 0 radical (unpaired) electrons. The van der Waals surface area contributed by atoms with Crippen LogP contribution in [-0.2, 0) is 14.3 Å². The molecule has 0 spiro atoms. The van der Waals surface area contributed by atoms with Crippen molar-refractivity contribution in [3.8, 4) is 5.75 Å². The van der Waals surface area contributed by atoms with E-state index in [-0.39, 0.29) is 31.6 Å². The fourth-order valence-electron chi connectivity index (χ4n) is 1.67. The first kappa shape index (κ1) is 14.4. The molecule has 5 heteroatoms. The lowest BCUT2D eigenvalue weighted by molar-refractivity contribution is -0.149. The van der Waals surface area contributed by atoms with Crippen LogP contribution in [0.1, 0.15) is 24.8 Å². The number of esters is 1. The summed E-state index contributed by atoms with van der Waals surface area (Å²) < 4.78 is 10.3. The fraction of sp³-hybridized carbons (Fsp3) is 0.467. The Labute approximate surface area is 118 Å². The van der Waals surface area contributed by atoms with Crippen molar-refractivity contribution in [1.82, 2.24) is 5.32 Å². The van der Waals surface area contributed by atoms with Gasteiger partial charge in [0.05, 0.1) is 13.0 Å². The number of aryl methyl sites for hydroxylation is 1. The highest BCUT2D eigenvalue weighted by Gasteiger charge is 2.23. The molecule has 5 nitrogen and oxygen atoms in total. The van der Waals surface area contributed by atoms with Gasteiger partial charge in [-0.25, -0.2) is 0 Å². The molecular weight excluding hydrogens is 258 g/mol. The van der Waals surface area contributed by atoms with Crippen molar-refractivity contribution in [2.45, 2.75) is 32.2 Å². The highest BCUT2D eigenvalue weighted by molar-refractivity contribution is 5.80. The number of amides is 1. The molecule has 0 bridgehead atoms. The van der Waals surface area contributed by atoms with Gasteiger partial charge in [-0.2, -0.15) is 0 Å². The van der Waals surface area contributed by atoms with Crippen molar-refractivity contribution in [1.29, 1.82) is 0 Å².